The van der Waals surface area contributed by atoms with E-state index in [1.165, 1.54) is 37.8 Å². The fraction of sp³-hybridized carbons (Fsp3) is 0.550. The van der Waals surface area contributed by atoms with E-state index in [1.807, 2.05) is 11.0 Å². The summed E-state index contributed by atoms with van der Waals surface area (Å²) < 4.78 is 0. The molecule has 2 rings (SSSR count). The molecule has 1 aliphatic heterocycles. The zero-order valence-electron chi connectivity index (χ0n) is 14.4. The Labute approximate surface area is 141 Å². The summed E-state index contributed by atoms with van der Waals surface area (Å²) in [5.74, 6) is 0.172. The molecule has 0 N–H and O–H groups in total. The lowest BCUT2D eigenvalue weighted by Gasteiger charge is -2.35. The number of unbranched alkanes of at least 4 members (excludes halogenated alkanes) is 5. The van der Waals surface area contributed by atoms with Gasteiger partial charge >= 0.3 is 0 Å². The molecule has 0 spiro atoms. The smallest absolute Gasteiger partial charge is 0.246 e. The Balaban J connectivity index is 1.65. The fourth-order valence-corrected chi connectivity index (χ4v) is 2.98. The Morgan fingerprint density at radius 3 is 2.39 bits per heavy atom. The van der Waals surface area contributed by atoms with E-state index in [-0.39, 0.29) is 5.91 Å². The number of allylic oxidation sites excluding steroid dienone is 1. The van der Waals surface area contributed by atoms with Crippen molar-refractivity contribution in [1.29, 1.82) is 0 Å². The van der Waals surface area contributed by atoms with Gasteiger partial charge in [-0.05, 0) is 31.1 Å². The third-order valence-electron chi connectivity index (χ3n) is 4.45. The Kier molecular flexibility index (Phi) is 7.71. The minimum Gasteiger partial charge on any atom is -0.368 e. The van der Waals surface area contributed by atoms with Crippen molar-refractivity contribution >= 4 is 11.6 Å². The zero-order chi connectivity index (χ0) is 16.3. The number of anilines is 1. The SMILES string of the molecule is CCCCCCCC=CC(=O)N1CCN(c2ccccc2)CC1. The largest absolute Gasteiger partial charge is 0.368 e. The first-order chi connectivity index (χ1) is 11.3. The van der Waals surface area contributed by atoms with Crippen LogP contribution in [0.4, 0.5) is 5.69 Å². The molecule has 23 heavy (non-hydrogen) atoms. The maximum atomic E-state index is 12.2. The molecule has 1 saturated heterocycles. The summed E-state index contributed by atoms with van der Waals surface area (Å²) in [6, 6.07) is 10.4. The van der Waals surface area contributed by atoms with Gasteiger partial charge in [-0.25, -0.2) is 0 Å². The van der Waals surface area contributed by atoms with Crippen LogP contribution in [0.3, 0.4) is 0 Å². The van der Waals surface area contributed by atoms with E-state index >= 15 is 0 Å². The van der Waals surface area contributed by atoms with Crippen LogP contribution in [0.15, 0.2) is 42.5 Å². The van der Waals surface area contributed by atoms with Crippen molar-refractivity contribution in [3.8, 4) is 0 Å². The number of para-hydroxylation sites is 1. The van der Waals surface area contributed by atoms with E-state index in [0.717, 1.165) is 32.6 Å². The number of carbonyl (C=O) groups excluding carboxylic acids is 1. The van der Waals surface area contributed by atoms with Gasteiger partial charge in [0.2, 0.25) is 5.91 Å². The van der Waals surface area contributed by atoms with Crippen molar-refractivity contribution in [2.75, 3.05) is 31.1 Å². The van der Waals surface area contributed by atoms with Crippen LogP contribution >= 0.6 is 0 Å². The number of nitrogens with zero attached hydrogens (tertiary/aromatic N) is 2. The zero-order valence-corrected chi connectivity index (χ0v) is 14.4. The third-order valence-corrected chi connectivity index (χ3v) is 4.45. The summed E-state index contributed by atoms with van der Waals surface area (Å²) in [6.07, 6.45) is 11.3. The molecule has 1 aliphatic rings. The van der Waals surface area contributed by atoms with Crippen molar-refractivity contribution < 1.29 is 4.79 Å². The number of carbonyl (C=O) groups is 1. The number of amides is 1. The molecule has 3 nitrogen and oxygen atoms in total. The lowest BCUT2D eigenvalue weighted by Crippen LogP contribution is -2.48. The second kappa shape index (κ2) is 10.1. The number of benzene rings is 1. The molecular formula is C20H30N2O. The summed E-state index contributed by atoms with van der Waals surface area (Å²) in [5, 5.41) is 0. The highest BCUT2D eigenvalue weighted by Gasteiger charge is 2.19. The number of hydrogen-bond acceptors (Lipinski definition) is 2. The summed E-state index contributed by atoms with van der Waals surface area (Å²) in [4.78, 5) is 16.5. The first-order valence-corrected chi connectivity index (χ1v) is 9.06. The highest BCUT2D eigenvalue weighted by atomic mass is 16.2. The van der Waals surface area contributed by atoms with Crippen LogP contribution in [0.2, 0.25) is 0 Å². The molecule has 0 atom stereocenters. The van der Waals surface area contributed by atoms with Gasteiger partial charge < -0.3 is 9.80 Å². The summed E-state index contributed by atoms with van der Waals surface area (Å²) in [6.45, 7) is 5.69. The van der Waals surface area contributed by atoms with Gasteiger partial charge in [-0.15, -0.1) is 0 Å². The number of hydrogen-bond donors (Lipinski definition) is 0. The van der Waals surface area contributed by atoms with Crippen LogP contribution in [0, 0.1) is 0 Å². The van der Waals surface area contributed by atoms with Gasteiger partial charge in [0.25, 0.3) is 0 Å². The molecule has 0 aromatic heterocycles. The first-order valence-electron chi connectivity index (χ1n) is 9.06. The second-order valence-electron chi connectivity index (χ2n) is 6.25. The fourth-order valence-electron chi connectivity index (χ4n) is 2.98. The monoisotopic (exact) mass is 314 g/mol. The molecule has 0 radical (unpaired) electrons. The average molecular weight is 314 g/mol. The van der Waals surface area contributed by atoms with Crippen molar-refractivity contribution in [2.45, 2.75) is 45.4 Å². The predicted octanol–water partition coefficient (Wildman–Crippen LogP) is 4.25. The van der Waals surface area contributed by atoms with Gasteiger partial charge in [-0.1, -0.05) is 56.9 Å². The van der Waals surface area contributed by atoms with Crippen LogP contribution in [-0.2, 0) is 4.79 Å². The molecule has 1 heterocycles. The van der Waals surface area contributed by atoms with Crippen molar-refractivity contribution in [2.24, 2.45) is 0 Å². The lowest BCUT2D eigenvalue weighted by molar-refractivity contribution is -0.126. The molecule has 3 heteroatoms. The van der Waals surface area contributed by atoms with E-state index in [0.29, 0.717) is 0 Å². The lowest BCUT2D eigenvalue weighted by atomic mass is 10.1. The maximum Gasteiger partial charge on any atom is 0.246 e. The van der Waals surface area contributed by atoms with Crippen LogP contribution in [-0.4, -0.2) is 37.0 Å². The quantitative estimate of drug-likeness (QED) is 0.529. The predicted molar refractivity (Wildman–Crippen MR) is 97.8 cm³/mol. The van der Waals surface area contributed by atoms with E-state index in [1.54, 1.807) is 6.08 Å². The third kappa shape index (κ3) is 6.09. The Morgan fingerprint density at radius 1 is 1.00 bits per heavy atom. The average Bonchev–Trinajstić information content (AvgIpc) is 2.61. The molecule has 0 unspecified atom stereocenters. The maximum absolute atomic E-state index is 12.2. The van der Waals surface area contributed by atoms with Gasteiger partial charge in [0.1, 0.15) is 0 Å². The van der Waals surface area contributed by atoms with Gasteiger partial charge in [0.15, 0.2) is 0 Å². The molecule has 1 aromatic carbocycles. The van der Waals surface area contributed by atoms with Crippen LogP contribution in [0.25, 0.3) is 0 Å². The van der Waals surface area contributed by atoms with E-state index in [9.17, 15) is 4.79 Å². The van der Waals surface area contributed by atoms with Crippen LogP contribution in [0.5, 0.6) is 0 Å². The highest BCUT2D eigenvalue weighted by Crippen LogP contribution is 2.15. The minimum absolute atomic E-state index is 0.172. The molecule has 0 bridgehead atoms. The normalized spacial score (nSPS) is 15.3. The molecular weight excluding hydrogens is 284 g/mol. The van der Waals surface area contributed by atoms with Gasteiger partial charge in [-0.2, -0.15) is 0 Å². The Morgan fingerprint density at radius 2 is 1.70 bits per heavy atom. The summed E-state index contributed by atoms with van der Waals surface area (Å²) in [5.41, 5.74) is 1.25. The first kappa shape index (κ1) is 17.6. The number of piperazine rings is 1. The molecule has 126 valence electrons. The summed E-state index contributed by atoms with van der Waals surface area (Å²) >= 11 is 0. The van der Waals surface area contributed by atoms with Gasteiger partial charge in [0.05, 0.1) is 0 Å². The van der Waals surface area contributed by atoms with Gasteiger partial charge in [-0.3, -0.25) is 4.79 Å². The molecule has 1 aromatic rings. The number of rotatable bonds is 8. The van der Waals surface area contributed by atoms with Crippen molar-refractivity contribution in [3.63, 3.8) is 0 Å². The van der Waals surface area contributed by atoms with E-state index < -0.39 is 0 Å². The van der Waals surface area contributed by atoms with Gasteiger partial charge in [0, 0.05) is 31.9 Å². The highest BCUT2D eigenvalue weighted by molar-refractivity contribution is 5.87. The summed E-state index contributed by atoms with van der Waals surface area (Å²) in [7, 11) is 0. The molecule has 0 saturated carbocycles. The van der Waals surface area contributed by atoms with Crippen molar-refractivity contribution in [1.82, 2.24) is 4.90 Å². The molecule has 1 amide bonds. The second-order valence-corrected chi connectivity index (χ2v) is 6.25. The molecule has 0 aliphatic carbocycles. The Bertz CT molecular complexity index is 476. The van der Waals surface area contributed by atoms with Crippen LogP contribution < -0.4 is 4.90 Å². The minimum atomic E-state index is 0.172. The van der Waals surface area contributed by atoms with E-state index in [2.05, 4.69) is 42.2 Å². The van der Waals surface area contributed by atoms with Crippen LogP contribution in [0.1, 0.15) is 45.4 Å². The van der Waals surface area contributed by atoms with Crippen molar-refractivity contribution in [3.05, 3.63) is 42.5 Å². The Hall–Kier alpha value is -1.77. The topological polar surface area (TPSA) is 23.6 Å². The molecule has 1 fully saturated rings. The van der Waals surface area contributed by atoms with E-state index in [4.69, 9.17) is 0 Å². The standard InChI is InChI=1S/C20H30N2O/c1-2-3-4-5-6-7-11-14-20(23)22-17-15-21(16-18-22)19-12-9-8-10-13-19/h8-14H,2-7,15-18H2,1H3.